The van der Waals surface area contributed by atoms with Crippen molar-refractivity contribution in [1.82, 2.24) is 0 Å². The lowest BCUT2D eigenvalue weighted by Gasteiger charge is -2.14. The Kier molecular flexibility index (Phi) is 4.39. The van der Waals surface area contributed by atoms with Crippen LogP contribution in [0.2, 0.25) is 0 Å². The Labute approximate surface area is 96.8 Å². The zero-order valence-electron chi connectivity index (χ0n) is 9.15. The summed E-state index contributed by atoms with van der Waals surface area (Å²) < 4.78 is 35.9. The normalized spacial score (nSPS) is 11.1. The van der Waals surface area contributed by atoms with E-state index in [1.807, 2.05) is 0 Å². The molecule has 1 aromatic rings. The third-order valence-corrected chi connectivity index (χ3v) is 2.00. The minimum absolute atomic E-state index is 0.00670. The maximum Gasteiger partial charge on any atom is 0.381 e. The number of benzene rings is 1. The fourth-order valence-electron chi connectivity index (χ4n) is 1.19. The Morgan fingerprint density at radius 1 is 1.47 bits per heavy atom. The average Bonchev–Trinajstić information content (AvgIpc) is 2.35. The van der Waals surface area contributed by atoms with Crippen LogP contribution in [-0.2, 0) is 15.5 Å². The van der Waals surface area contributed by atoms with Crippen molar-refractivity contribution < 1.29 is 28.2 Å². The maximum absolute atomic E-state index is 13.5. The summed E-state index contributed by atoms with van der Waals surface area (Å²) in [6.07, 6.45) is 0. The standard InChI is InChI=1S/C11H12F2O4/c1-16-10(15)11(12,13)8-3-2-4-9(7-8)17-6-5-14/h2-4,7,14H,5-6H2,1H3. The number of aliphatic hydroxyl groups is 1. The summed E-state index contributed by atoms with van der Waals surface area (Å²) in [6, 6.07) is 4.92. The first-order valence-electron chi connectivity index (χ1n) is 4.82. The van der Waals surface area contributed by atoms with Crippen LogP contribution in [0.1, 0.15) is 5.56 Å². The summed E-state index contributed by atoms with van der Waals surface area (Å²) >= 11 is 0. The van der Waals surface area contributed by atoms with Crippen LogP contribution in [0.3, 0.4) is 0 Å². The Morgan fingerprint density at radius 2 is 2.18 bits per heavy atom. The van der Waals surface area contributed by atoms with Gasteiger partial charge in [0, 0.05) is 5.56 Å². The molecule has 0 bridgehead atoms. The Hall–Kier alpha value is -1.69. The number of hydrogen-bond donors (Lipinski definition) is 1. The largest absolute Gasteiger partial charge is 0.491 e. The fourth-order valence-corrected chi connectivity index (χ4v) is 1.19. The van der Waals surface area contributed by atoms with Crippen LogP contribution in [0, 0.1) is 0 Å². The highest BCUT2D eigenvalue weighted by Crippen LogP contribution is 2.31. The number of halogens is 2. The number of hydrogen-bond acceptors (Lipinski definition) is 4. The van der Waals surface area contributed by atoms with Gasteiger partial charge in [-0.15, -0.1) is 0 Å². The highest BCUT2D eigenvalue weighted by atomic mass is 19.3. The topological polar surface area (TPSA) is 55.8 Å². The lowest BCUT2D eigenvalue weighted by molar-refractivity contribution is -0.170. The van der Waals surface area contributed by atoms with E-state index in [0.717, 1.165) is 19.2 Å². The monoisotopic (exact) mass is 246 g/mol. The first-order chi connectivity index (χ1) is 8.02. The number of alkyl halides is 2. The van der Waals surface area contributed by atoms with Crippen molar-refractivity contribution in [3.05, 3.63) is 29.8 Å². The molecule has 0 aliphatic rings. The summed E-state index contributed by atoms with van der Waals surface area (Å²) in [5, 5.41) is 8.54. The molecule has 0 fully saturated rings. The van der Waals surface area contributed by atoms with Crippen molar-refractivity contribution in [2.24, 2.45) is 0 Å². The fraction of sp³-hybridized carbons (Fsp3) is 0.364. The third kappa shape index (κ3) is 3.13. The van der Waals surface area contributed by atoms with E-state index < -0.39 is 17.5 Å². The van der Waals surface area contributed by atoms with Gasteiger partial charge in [0.25, 0.3) is 0 Å². The van der Waals surface area contributed by atoms with E-state index in [1.165, 1.54) is 12.1 Å². The van der Waals surface area contributed by atoms with E-state index in [1.54, 1.807) is 0 Å². The number of aliphatic hydroxyl groups excluding tert-OH is 1. The molecule has 0 aromatic heterocycles. The van der Waals surface area contributed by atoms with Crippen LogP contribution in [-0.4, -0.2) is 31.4 Å². The van der Waals surface area contributed by atoms with Gasteiger partial charge in [0.05, 0.1) is 13.7 Å². The molecule has 0 radical (unpaired) electrons. The lowest BCUT2D eigenvalue weighted by atomic mass is 10.1. The van der Waals surface area contributed by atoms with Gasteiger partial charge in [-0.3, -0.25) is 0 Å². The molecule has 0 heterocycles. The zero-order chi connectivity index (χ0) is 12.9. The zero-order valence-corrected chi connectivity index (χ0v) is 9.15. The molecule has 0 aliphatic carbocycles. The molecule has 1 N–H and O–H groups in total. The average molecular weight is 246 g/mol. The van der Waals surface area contributed by atoms with E-state index in [4.69, 9.17) is 9.84 Å². The van der Waals surface area contributed by atoms with E-state index in [-0.39, 0.29) is 19.0 Å². The maximum atomic E-state index is 13.5. The number of rotatable bonds is 5. The van der Waals surface area contributed by atoms with Crippen molar-refractivity contribution in [2.45, 2.75) is 5.92 Å². The Morgan fingerprint density at radius 3 is 2.76 bits per heavy atom. The molecule has 0 saturated heterocycles. The molecule has 0 spiro atoms. The molecule has 0 aliphatic heterocycles. The SMILES string of the molecule is COC(=O)C(F)(F)c1cccc(OCCO)c1. The van der Waals surface area contributed by atoms with Crippen LogP contribution < -0.4 is 4.74 Å². The van der Waals surface area contributed by atoms with Gasteiger partial charge in [0.2, 0.25) is 0 Å². The second-order valence-electron chi connectivity index (χ2n) is 3.17. The van der Waals surface area contributed by atoms with Gasteiger partial charge in [-0.1, -0.05) is 12.1 Å². The molecule has 1 aromatic carbocycles. The van der Waals surface area contributed by atoms with Gasteiger partial charge in [0.1, 0.15) is 12.4 Å². The molecule has 0 amide bonds. The minimum atomic E-state index is -3.71. The van der Waals surface area contributed by atoms with Gasteiger partial charge in [0.15, 0.2) is 0 Å². The van der Waals surface area contributed by atoms with Gasteiger partial charge in [-0.2, -0.15) is 8.78 Å². The van der Waals surface area contributed by atoms with Crippen molar-refractivity contribution >= 4 is 5.97 Å². The summed E-state index contributed by atoms with van der Waals surface area (Å²) in [7, 11) is 0.891. The molecule has 0 atom stereocenters. The van der Waals surface area contributed by atoms with E-state index >= 15 is 0 Å². The molecule has 17 heavy (non-hydrogen) atoms. The summed E-state index contributed by atoms with van der Waals surface area (Å²) in [6.45, 7) is -0.231. The van der Waals surface area contributed by atoms with Gasteiger partial charge >= 0.3 is 11.9 Å². The van der Waals surface area contributed by atoms with Gasteiger partial charge < -0.3 is 14.6 Å². The first-order valence-corrected chi connectivity index (χ1v) is 4.82. The van der Waals surface area contributed by atoms with Crippen molar-refractivity contribution in [2.75, 3.05) is 20.3 Å². The Balaban J connectivity index is 2.94. The molecular formula is C11H12F2O4. The van der Waals surface area contributed by atoms with E-state index in [0.29, 0.717) is 0 Å². The number of methoxy groups -OCH3 is 1. The molecule has 0 unspecified atom stereocenters. The van der Waals surface area contributed by atoms with E-state index in [2.05, 4.69) is 4.74 Å². The highest BCUT2D eigenvalue weighted by molar-refractivity contribution is 5.79. The minimum Gasteiger partial charge on any atom is -0.491 e. The first kappa shape index (κ1) is 13.4. The number of ether oxygens (including phenoxy) is 2. The lowest BCUT2D eigenvalue weighted by Crippen LogP contribution is -2.27. The number of esters is 1. The smallest absolute Gasteiger partial charge is 0.381 e. The summed E-state index contributed by atoms with van der Waals surface area (Å²) in [5.74, 6) is -5.19. The predicted octanol–water partition coefficient (Wildman–Crippen LogP) is 1.32. The third-order valence-electron chi connectivity index (χ3n) is 2.00. The predicted molar refractivity (Wildman–Crippen MR) is 54.9 cm³/mol. The molecular weight excluding hydrogens is 234 g/mol. The van der Waals surface area contributed by atoms with Crippen molar-refractivity contribution in [1.29, 1.82) is 0 Å². The van der Waals surface area contributed by atoms with Crippen molar-refractivity contribution in [3.63, 3.8) is 0 Å². The van der Waals surface area contributed by atoms with Crippen LogP contribution in [0.25, 0.3) is 0 Å². The number of carbonyl (C=O) groups excluding carboxylic acids is 1. The second kappa shape index (κ2) is 5.58. The highest BCUT2D eigenvalue weighted by Gasteiger charge is 2.42. The van der Waals surface area contributed by atoms with Crippen LogP contribution in [0.15, 0.2) is 24.3 Å². The van der Waals surface area contributed by atoms with Gasteiger partial charge in [-0.25, -0.2) is 4.79 Å². The Bertz CT molecular complexity index is 393. The van der Waals surface area contributed by atoms with Gasteiger partial charge in [-0.05, 0) is 12.1 Å². The summed E-state index contributed by atoms with van der Waals surface area (Å²) in [4.78, 5) is 10.9. The molecule has 4 nitrogen and oxygen atoms in total. The molecule has 6 heteroatoms. The van der Waals surface area contributed by atoms with Crippen LogP contribution >= 0.6 is 0 Å². The second-order valence-corrected chi connectivity index (χ2v) is 3.17. The molecule has 94 valence electrons. The van der Waals surface area contributed by atoms with Crippen molar-refractivity contribution in [3.8, 4) is 5.75 Å². The molecule has 0 saturated carbocycles. The number of carbonyl (C=O) groups is 1. The van der Waals surface area contributed by atoms with E-state index in [9.17, 15) is 13.6 Å². The van der Waals surface area contributed by atoms with Crippen LogP contribution in [0.4, 0.5) is 8.78 Å². The summed E-state index contributed by atoms with van der Waals surface area (Å²) in [5.41, 5.74) is -0.514. The quantitative estimate of drug-likeness (QED) is 0.796. The molecule has 1 rings (SSSR count). The van der Waals surface area contributed by atoms with Crippen LogP contribution in [0.5, 0.6) is 5.75 Å².